The van der Waals surface area contributed by atoms with E-state index in [1.807, 2.05) is 0 Å². The number of amides is 2. The minimum atomic E-state index is -0.798. The Hall–Kier alpha value is -1.70. The predicted octanol–water partition coefficient (Wildman–Crippen LogP) is 2.08. The molecule has 0 aromatic heterocycles. The van der Waals surface area contributed by atoms with E-state index in [2.05, 4.69) is 11.2 Å². The summed E-state index contributed by atoms with van der Waals surface area (Å²) in [7, 11) is 0. The number of hydrogen-bond donors (Lipinski definition) is 2. The minimum Gasteiger partial charge on any atom is -0.481 e. The van der Waals surface area contributed by atoms with Gasteiger partial charge >= 0.3 is 12.0 Å². The van der Waals surface area contributed by atoms with Crippen molar-refractivity contribution in [3.05, 3.63) is 0 Å². The van der Waals surface area contributed by atoms with E-state index in [1.54, 1.807) is 4.90 Å². The SMILES string of the molecule is C#CCN(CC1CC1)C(=O)NCC1(C(=O)O)CCCCC1. The maximum Gasteiger partial charge on any atom is 0.318 e. The number of urea groups is 1. The van der Waals surface area contributed by atoms with E-state index < -0.39 is 11.4 Å². The Balaban J connectivity index is 1.90. The second-order valence-electron chi connectivity index (χ2n) is 6.33. The zero-order chi connectivity index (χ0) is 15.3. The van der Waals surface area contributed by atoms with Crippen LogP contribution < -0.4 is 5.32 Å². The van der Waals surface area contributed by atoms with Crippen molar-refractivity contribution < 1.29 is 14.7 Å². The predicted molar refractivity (Wildman–Crippen MR) is 79.7 cm³/mol. The molecule has 2 rings (SSSR count). The lowest BCUT2D eigenvalue weighted by Gasteiger charge is -2.34. The van der Waals surface area contributed by atoms with Crippen LogP contribution in [-0.2, 0) is 4.79 Å². The number of nitrogens with zero attached hydrogens (tertiary/aromatic N) is 1. The van der Waals surface area contributed by atoms with Gasteiger partial charge in [0.1, 0.15) is 0 Å². The molecule has 0 aromatic rings. The molecule has 2 N–H and O–H groups in total. The summed E-state index contributed by atoms with van der Waals surface area (Å²) in [6, 6.07) is -0.231. The number of nitrogens with one attached hydrogen (secondary N) is 1. The quantitative estimate of drug-likeness (QED) is 0.736. The van der Waals surface area contributed by atoms with Gasteiger partial charge in [-0.3, -0.25) is 4.79 Å². The average Bonchev–Trinajstić information content (AvgIpc) is 3.29. The third-order valence-electron chi connectivity index (χ3n) is 4.59. The molecule has 2 aliphatic carbocycles. The molecule has 2 saturated carbocycles. The van der Waals surface area contributed by atoms with Gasteiger partial charge < -0.3 is 15.3 Å². The van der Waals surface area contributed by atoms with Crippen LogP contribution in [0.2, 0.25) is 0 Å². The number of carboxylic acids is 1. The zero-order valence-electron chi connectivity index (χ0n) is 12.4. The number of aliphatic carboxylic acids is 1. The first kappa shape index (κ1) is 15.7. The fourth-order valence-electron chi connectivity index (χ4n) is 2.99. The van der Waals surface area contributed by atoms with Gasteiger partial charge in [0, 0.05) is 13.1 Å². The number of rotatable bonds is 6. The normalized spacial score (nSPS) is 20.3. The Morgan fingerprint density at radius 2 is 1.95 bits per heavy atom. The van der Waals surface area contributed by atoms with E-state index in [4.69, 9.17) is 6.42 Å². The molecule has 5 nitrogen and oxygen atoms in total. The van der Waals surface area contributed by atoms with Crippen molar-refractivity contribution in [2.75, 3.05) is 19.6 Å². The van der Waals surface area contributed by atoms with Gasteiger partial charge in [0.2, 0.25) is 0 Å². The topological polar surface area (TPSA) is 69.6 Å². The van der Waals surface area contributed by atoms with E-state index >= 15 is 0 Å². The first-order valence-corrected chi connectivity index (χ1v) is 7.77. The van der Waals surface area contributed by atoms with E-state index in [0.717, 1.165) is 32.1 Å². The molecular weight excluding hydrogens is 268 g/mol. The highest BCUT2D eigenvalue weighted by molar-refractivity contribution is 5.78. The third-order valence-corrected chi connectivity index (χ3v) is 4.59. The van der Waals surface area contributed by atoms with Crippen molar-refractivity contribution in [2.45, 2.75) is 44.9 Å². The Bertz CT molecular complexity index is 431. The third kappa shape index (κ3) is 4.13. The number of terminal acetylenes is 1. The monoisotopic (exact) mass is 292 g/mol. The summed E-state index contributed by atoms with van der Waals surface area (Å²) >= 11 is 0. The summed E-state index contributed by atoms with van der Waals surface area (Å²) in [5.74, 6) is 2.27. The zero-order valence-corrected chi connectivity index (χ0v) is 12.4. The highest BCUT2D eigenvalue weighted by atomic mass is 16.4. The molecule has 0 unspecified atom stereocenters. The van der Waals surface area contributed by atoms with Crippen molar-refractivity contribution in [1.29, 1.82) is 0 Å². The number of carboxylic acid groups (broad SMARTS) is 1. The van der Waals surface area contributed by atoms with Crippen LogP contribution in [0.5, 0.6) is 0 Å². The molecule has 0 aromatic carbocycles. The van der Waals surface area contributed by atoms with Gasteiger partial charge in [0.05, 0.1) is 12.0 Å². The molecule has 5 heteroatoms. The van der Waals surface area contributed by atoms with Crippen LogP contribution in [0, 0.1) is 23.7 Å². The fourth-order valence-corrected chi connectivity index (χ4v) is 2.99. The van der Waals surface area contributed by atoms with Crippen molar-refractivity contribution >= 4 is 12.0 Å². The maximum absolute atomic E-state index is 12.2. The van der Waals surface area contributed by atoms with Gasteiger partial charge in [-0.25, -0.2) is 4.79 Å². The van der Waals surface area contributed by atoms with Gasteiger partial charge in [-0.1, -0.05) is 25.2 Å². The van der Waals surface area contributed by atoms with Crippen molar-refractivity contribution in [3.63, 3.8) is 0 Å². The second kappa shape index (κ2) is 6.84. The summed E-state index contributed by atoms with van der Waals surface area (Å²) in [5.41, 5.74) is -0.796. The van der Waals surface area contributed by atoms with Gasteiger partial charge in [-0.05, 0) is 31.6 Å². The largest absolute Gasteiger partial charge is 0.481 e. The molecule has 0 atom stereocenters. The lowest BCUT2D eigenvalue weighted by molar-refractivity contribution is -0.150. The molecule has 0 spiro atoms. The number of hydrogen-bond acceptors (Lipinski definition) is 2. The van der Waals surface area contributed by atoms with E-state index in [1.165, 1.54) is 0 Å². The van der Waals surface area contributed by atoms with E-state index in [9.17, 15) is 14.7 Å². The second-order valence-corrected chi connectivity index (χ2v) is 6.33. The average molecular weight is 292 g/mol. The van der Waals surface area contributed by atoms with Crippen LogP contribution >= 0.6 is 0 Å². The van der Waals surface area contributed by atoms with Crippen LogP contribution in [0.1, 0.15) is 44.9 Å². The molecule has 0 bridgehead atoms. The highest BCUT2D eigenvalue weighted by Gasteiger charge is 2.40. The van der Waals surface area contributed by atoms with Crippen molar-refractivity contribution in [2.24, 2.45) is 11.3 Å². The first-order valence-electron chi connectivity index (χ1n) is 7.77. The molecule has 0 aliphatic heterocycles. The molecule has 0 saturated heterocycles. The van der Waals surface area contributed by atoms with E-state index in [-0.39, 0.29) is 19.1 Å². The van der Waals surface area contributed by atoms with Gasteiger partial charge in [0.15, 0.2) is 0 Å². The van der Waals surface area contributed by atoms with Crippen LogP contribution in [-0.4, -0.2) is 41.6 Å². The lowest BCUT2D eigenvalue weighted by atomic mass is 9.74. The summed E-state index contributed by atoms with van der Waals surface area (Å²) in [4.78, 5) is 25.4. The molecular formula is C16H24N2O3. The standard InChI is InChI=1S/C16H24N2O3/c1-2-10-18(11-13-6-7-13)15(21)17-12-16(14(19)20)8-4-3-5-9-16/h1,13H,3-12H2,(H,17,21)(H,19,20). The number of carbonyl (C=O) groups is 2. The fraction of sp³-hybridized carbons (Fsp3) is 0.750. The smallest absolute Gasteiger partial charge is 0.318 e. The molecule has 2 fully saturated rings. The summed E-state index contributed by atoms with van der Waals surface area (Å²) < 4.78 is 0. The summed E-state index contributed by atoms with van der Waals surface area (Å²) in [5, 5.41) is 12.3. The highest BCUT2D eigenvalue weighted by Crippen LogP contribution is 2.36. The maximum atomic E-state index is 12.2. The van der Waals surface area contributed by atoms with Crippen molar-refractivity contribution in [1.82, 2.24) is 10.2 Å². The van der Waals surface area contributed by atoms with Gasteiger partial charge in [0.25, 0.3) is 0 Å². The Kier molecular flexibility index (Phi) is 5.11. The lowest BCUT2D eigenvalue weighted by Crippen LogP contribution is -2.49. The molecule has 2 aliphatic rings. The summed E-state index contributed by atoms with van der Waals surface area (Å²) in [6.07, 6.45) is 11.8. The van der Waals surface area contributed by atoms with Crippen LogP contribution in [0.3, 0.4) is 0 Å². The van der Waals surface area contributed by atoms with Gasteiger partial charge in [-0.2, -0.15) is 0 Å². The van der Waals surface area contributed by atoms with E-state index in [0.29, 0.717) is 25.3 Å². The van der Waals surface area contributed by atoms with Gasteiger partial charge in [-0.15, -0.1) is 6.42 Å². The number of carbonyl (C=O) groups excluding carboxylic acids is 1. The molecule has 2 amide bonds. The van der Waals surface area contributed by atoms with Crippen LogP contribution in [0.25, 0.3) is 0 Å². The molecule has 21 heavy (non-hydrogen) atoms. The Labute approximate surface area is 126 Å². The molecule has 0 radical (unpaired) electrons. The minimum absolute atomic E-state index is 0.201. The van der Waals surface area contributed by atoms with Crippen molar-refractivity contribution in [3.8, 4) is 12.3 Å². The Morgan fingerprint density at radius 3 is 2.48 bits per heavy atom. The molecule has 116 valence electrons. The van der Waals surface area contributed by atoms with Crippen LogP contribution in [0.4, 0.5) is 4.79 Å². The molecule has 0 heterocycles. The first-order chi connectivity index (χ1) is 10.1. The van der Waals surface area contributed by atoms with Crippen LogP contribution in [0.15, 0.2) is 0 Å². The Morgan fingerprint density at radius 1 is 1.29 bits per heavy atom. The summed E-state index contributed by atoms with van der Waals surface area (Å²) in [6.45, 7) is 1.16.